The van der Waals surface area contributed by atoms with E-state index in [0.29, 0.717) is 17.9 Å². The summed E-state index contributed by atoms with van der Waals surface area (Å²) in [7, 11) is 1.52. The number of hydrogen-bond acceptors (Lipinski definition) is 3. The molecular formula is C18H20N2O3. The number of methoxy groups -OCH3 is 1. The second-order valence-electron chi connectivity index (χ2n) is 4.97. The van der Waals surface area contributed by atoms with Crippen molar-refractivity contribution in [2.45, 2.75) is 13.0 Å². The lowest BCUT2D eigenvalue weighted by atomic mass is 10.2. The molecular weight excluding hydrogens is 292 g/mol. The molecule has 0 heterocycles. The van der Waals surface area contributed by atoms with Crippen LogP contribution in [0.1, 0.15) is 22.3 Å². The van der Waals surface area contributed by atoms with E-state index < -0.39 is 0 Å². The van der Waals surface area contributed by atoms with Gasteiger partial charge in [-0.15, -0.1) is 0 Å². The maximum Gasteiger partial charge on any atom is 0.255 e. The van der Waals surface area contributed by atoms with Crippen LogP contribution in [0.5, 0.6) is 5.75 Å². The molecule has 120 valence electrons. The van der Waals surface area contributed by atoms with Crippen molar-refractivity contribution in [3.63, 3.8) is 0 Å². The first kappa shape index (κ1) is 16.5. The molecule has 0 atom stereocenters. The van der Waals surface area contributed by atoms with E-state index in [-0.39, 0.29) is 24.8 Å². The van der Waals surface area contributed by atoms with Crippen molar-refractivity contribution in [1.29, 1.82) is 0 Å². The fourth-order valence-electron chi connectivity index (χ4n) is 2.10. The number of carbonyl (C=O) groups excluding carboxylic acids is 2. The SMILES string of the molecule is COc1ccccc1C(=O)NCCC(=O)NCc1ccccc1. The smallest absolute Gasteiger partial charge is 0.255 e. The van der Waals surface area contributed by atoms with Crippen molar-refractivity contribution in [2.24, 2.45) is 0 Å². The van der Waals surface area contributed by atoms with Crippen LogP contribution in [0.4, 0.5) is 0 Å². The van der Waals surface area contributed by atoms with Crippen molar-refractivity contribution >= 4 is 11.8 Å². The van der Waals surface area contributed by atoms with Gasteiger partial charge < -0.3 is 15.4 Å². The number of rotatable bonds is 7. The maximum absolute atomic E-state index is 12.1. The topological polar surface area (TPSA) is 67.4 Å². The summed E-state index contributed by atoms with van der Waals surface area (Å²) in [6.45, 7) is 0.762. The van der Waals surface area contributed by atoms with E-state index in [2.05, 4.69) is 10.6 Å². The highest BCUT2D eigenvalue weighted by Gasteiger charge is 2.11. The van der Waals surface area contributed by atoms with Crippen LogP contribution < -0.4 is 15.4 Å². The summed E-state index contributed by atoms with van der Waals surface area (Å²) >= 11 is 0. The van der Waals surface area contributed by atoms with Gasteiger partial charge in [-0.1, -0.05) is 42.5 Å². The molecule has 0 bridgehead atoms. The van der Waals surface area contributed by atoms with Gasteiger partial charge in [-0.3, -0.25) is 9.59 Å². The molecule has 0 radical (unpaired) electrons. The van der Waals surface area contributed by atoms with Gasteiger partial charge in [-0.05, 0) is 17.7 Å². The Morgan fingerprint density at radius 2 is 1.65 bits per heavy atom. The van der Waals surface area contributed by atoms with Crippen molar-refractivity contribution in [3.8, 4) is 5.75 Å². The molecule has 0 aromatic heterocycles. The molecule has 2 aromatic rings. The molecule has 2 amide bonds. The molecule has 0 saturated carbocycles. The zero-order valence-electron chi connectivity index (χ0n) is 13.0. The van der Waals surface area contributed by atoms with Crippen LogP contribution in [0.2, 0.25) is 0 Å². The highest BCUT2D eigenvalue weighted by Crippen LogP contribution is 2.16. The highest BCUT2D eigenvalue weighted by molar-refractivity contribution is 5.97. The third kappa shape index (κ3) is 5.14. The molecule has 0 unspecified atom stereocenters. The van der Waals surface area contributed by atoms with Crippen LogP contribution in [0, 0.1) is 0 Å². The third-order valence-corrected chi connectivity index (χ3v) is 3.32. The Kier molecular flexibility index (Phi) is 6.17. The second kappa shape index (κ2) is 8.58. The van der Waals surface area contributed by atoms with E-state index >= 15 is 0 Å². The normalized spacial score (nSPS) is 9.96. The van der Waals surface area contributed by atoms with Gasteiger partial charge in [0.1, 0.15) is 5.75 Å². The summed E-state index contributed by atoms with van der Waals surface area (Å²) in [6.07, 6.45) is 0.230. The Morgan fingerprint density at radius 3 is 2.39 bits per heavy atom. The molecule has 2 rings (SSSR count). The predicted molar refractivity (Wildman–Crippen MR) is 88.2 cm³/mol. The molecule has 5 heteroatoms. The van der Waals surface area contributed by atoms with Crippen LogP contribution in [-0.2, 0) is 11.3 Å². The summed E-state index contributed by atoms with van der Waals surface area (Å²) < 4.78 is 5.14. The number of ether oxygens (including phenoxy) is 1. The monoisotopic (exact) mass is 312 g/mol. The van der Waals surface area contributed by atoms with Gasteiger partial charge in [0, 0.05) is 19.5 Å². The number of benzene rings is 2. The molecule has 0 spiro atoms. The summed E-state index contributed by atoms with van der Waals surface area (Å²) in [5.41, 5.74) is 1.50. The molecule has 2 N–H and O–H groups in total. The van der Waals surface area contributed by atoms with Crippen molar-refractivity contribution in [3.05, 3.63) is 65.7 Å². The van der Waals surface area contributed by atoms with Gasteiger partial charge in [-0.25, -0.2) is 0 Å². The zero-order valence-corrected chi connectivity index (χ0v) is 13.0. The largest absolute Gasteiger partial charge is 0.496 e. The lowest BCUT2D eigenvalue weighted by Gasteiger charge is -2.09. The van der Waals surface area contributed by atoms with Crippen LogP contribution in [0.15, 0.2) is 54.6 Å². The van der Waals surface area contributed by atoms with Gasteiger partial charge in [-0.2, -0.15) is 0 Å². The van der Waals surface area contributed by atoms with E-state index in [4.69, 9.17) is 4.74 Å². The lowest BCUT2D eigenvalue weighted by Crippen LogP contribution is -2.30. The first-order valence-corrected chi connectivity index (χ1v) is 7.42. The highest BCUT2D eigenvalue weighted by atomic mass is 16.5. The van der Waals surface area contributed by atoms with E-state index in [1.54, 1.807) is 24.3 Å². The average Bonchev–Trinajstić information content (AvgIpc) is 2.60. The number of hydrogen-bond donors (Lipinski definition) is 2. The Morgan fingerprint density at radius 1 is 0.957 bits per heavy atom. The molecule has 0 aliphatic heterocycles. The van der Waals surface area contributed by atoms with Gasteiger partial charge >= 0.3 is 0 Å². The van der Waals surface area contributed by atoms with Crippen molar-refractivity contribution < 1.29 is 14.3 Å². The van der Waals surface area contributed by atoms with E-state index in [1.807, 2.05) is 30.3 Å². The fourth-order valence-corrected chi connectivity index (χ4v) is 2.10. The minimum absolute atomic E-state index is 0.103. The van der Waals surface area contributed by atoms with Crippen LogP contribution in [0.25, 0.3) is 0 Å². The molecule has 0 fully saturated rings. The average molecular weight is 312 g/mol. The molecule has 0 aliphatic rings. The molecule has 0 aliphatic carbocycles. The van der Waals surface area contributed by atoms with Crippen molar-refractivity contribution in [2.75, 3.05) is 13.7 Å². The summed E-state index contributed by atoms with van der Waals surface area (Å²) in [5.74, 6) is 0.158. The number of para-hydroxylation sites is 1. The van der Waals surface area contributed by atoms with Crippen LogP contribution in [-0.4, -0.2) is 25.5 Å². The zero-order chi connectivity index (χ0) is 16.5. The van der Waals surface area contributed by atoms with Crippen molar-refractivity contribution in [1.82, 2.24) is 10.6 Å². The molecule has 23 heavy (non-hydrogen) atoms. The van der Waals surface area contributed by atoms with Crippen LogP contribution >= 0.6 is 0 Å². The Bertz CT molecular complexity index is 656. The second-order valence-corrected chi connectivity index (χ2v) is 4.97. The standard InChI is InChI=1S/C18H20N2O3/c1-23-16-10-6-5-9-15(16)18(22)19-12-11-17(21)20-13-14-7-3-2-4-8-14/h2-10H,11-13H2,1H3,(H,19,22)(H,20,21). The van der Waals surface area contributed by atoms with Gasteiger partial charge in [0.15, 0.2) is 0 Å². The van der Waals surface area contributed by atoms with E-state index in [0.717, 1.165) is 5.56 Å². The Balaban J connectivity index is 1.74. The van der Waals surface area contributed by atoms with Gasteiger partial charge in [0.2, 0.25) is 5.91 Å². The minimum atomic E-state index is -0.252. The third-order valence-electron chi connectivity index (χ3n) is 3.32. The predicted octanol–water partition coefficient (Wildman–Crippen LogP) is 2.13. The maximum atomic E-state index is 12.1. The summed E-state index contributed by atoms with van der Waals surface area (Å²) in [4.78, 5) is 23.8. The quantitative estimate of drug-likeness (QED) is 0.823. The molecule has 0 saturated heterocycles. The number of nitrogens with one attached hydrogen (secondary N) is 2. The lowest BCUT2D eigenvalue weighted by molar-refractivity contribution is -0.121. The number of carbonyl (C=O) groups is 2. The van der Waals surface area contributed by atoms with E-state index in [9.17, 15) is 9.59 Å². The first-order valence-electron chi connectivity index (χ1n) is 7.42. The summed E-state index contributed by atoms with van der Waals surface area (Å²) in [5, 5.41) is 5.54. The number of amides is 2. The first-order chi connectivity index (χ1) is 11.2. The van der Waals surface area contributed by atoms with Gasteiger partial charge in [0.05, 0.1) is 12.7 Å². The summed E-state index contributed by atoms with van der Waals surface area (Å²) in [6, 6.07) is 16.7. The minimum Gasteiger partial charge on any atom is -0.496 e. The molecule has 5 nitrogen and oxygen atoms in total. The van der Waals surface area contributed by atoms with Crippen LogP contribution in [0.3, 0.4) is 0 Å². The van der Waals surface area contributed by atoms with Gasteiger partial charge in [0.25, 0.3) is 5.91 Å². The fraction of sp³-hybridized carbons (Fsp3) is 0.222. The Hall–Kier alpha value is -2.82. The Labute approximate surface area is 135 Å². The van der Waals surface area contributed by atoms with E-state index in [1.165, 1.54) is 7.11 Å². The molecule has 2 aromatic carbocycles.